The standard InChI is InChI=1S/C36H53N3O2/c1-2-3-4-5-6-7-8-9-10-11-12-13-14-15-16-17-18-19-30-20-22-37-33(24-30)35-26-32(29-41)27-36(39-35)34-25-31(28-40)21-23-38-34/h20-27,40-41H,2-19,28-29H2,1H3. The maximum atomic E-state index is 9.84. The number of aliphatic hydroxyl groups excluding tert-OH is 2. The minimum absolute atomic E-state index is 0.0505. The molecule has 0 saturated heterocycles. The number of hydrogen-bond acceptors (Lipinski definition) is 5. The highest BCUT2D eigenvalue weighted by Gasteiger charge is 2.10. The smallest absolute Gasteiger partial charge is 0.0898 e. The summed E-state index contributed by atoms with van der Waals surface area (Å²) in [6.07, 6.45) is 28.1. The highest BCUT2D eigenvalue weighted by atomic mass is 16.3. The second kappa shape index (κ2) is 20.3. The minimum atomic E-state index is -0.0822. The lowest BCUT2D eigenvalue weighted by atomic mass is 10.0. The van der Waals surface area contributed by atoms with Crippen molar-refractivity contribution in [1.29, 1.82) is 0 Å². The van der Waals surface area contributed by atoms with Crippen LogP contribution in [0.25, 0.3) is 22.8 Å². The van der Waals surface area contributed by atoms with Crippen LogP contribution in [0.3, 0.4) is 0 Å². The van der Waals surface area contributed by atoms with E-state index in [1.165, 1.54) is 115 Å². The second-order valence-corrected chi connectivity index (χ2v) is 11.6. The first kappa shape index (κ1) is 32.9. The molecule has 5 heteroatoms. The highest BCUT2D eigenvalue weighted by Crippen LogP contribution is 2.24. The van der Waals surface area contributed by atoms with Crippen LogP contribution in [0.5, 0.6) is 0 Å². The molecule has 3 aromatic rings. The molecule has 5 nitrogen and oxygen atoms in total. The lowest BCUT2D eigenvalue weighted by Crippen LogP contribution is -1.97. The van der Waals surface area contributed by atoms with Gasteiger partial charge in [0.05, 0.1) is 36.0 Å². The van der Waals surface area contributed by atoms with Crippen molar-refractivity contribution in [3.63, 3.8) is 0 Å². The number of nitrogens with zero attached hydrogens (tertiary/aromatic N) is 3. The number of aromatic nitrogens is 3. The second-order valence-electron chi connectivity index (χ2n) is 11.6. The molecule has 3 aromatic heterocycles. The predicted molar refractivity (Wildman–Crippen MR) is 170 cm³/mol. The molecule has 3 heterocycles. The summed E-state index contributed by atoms with van der Waals surface area (Å²) < 4.78 is 0. The lowest BCUT2D eigenvalue weighted by Gasteiger charge is -2.09. The molecule has 0 atom stereocenters. The van der Waals surface area contributed by atoms with Gasteiger partial charge in [0, 0.05) is 12.4 Å². The van der Waals surface area contributed by atoms with Crippen molar-refractivity contribution in [2.24, 2.45) is 0 Å². The summed E-state index contributed by atoms with van der Waals surface area (Å²) in [5, 5.41) is 19.3. The maximum Gasteiger partial charge on any atom is 0.0898 e. The molecule has 224 valence electrons. The van der Waals surface area contributed by atoms with Gasteiger partial charge in [-0.25, -0.2) is 4.98 Å². The Morgan fingerprint density at radius 3 is 1.32 bits per heavy atom. The van der Waals surface area contributed by atoms with E-state index in [0.717, 1.165) is 28.9 Å². The fraction of sp³-hybridized carbons (Fsp3) is 0.583. The van der Waals surface area contributed by atoms with E-state index in [4.69, 9.17) is 4.98 Å². The van der Waals surface area contributed by atoms with Gasteiger partial charge in [0.1, 0.15) is 0 Å². The van der Waals surface area contributed by atoms with Crippen LogP contribution in [-0.4, -0.2) is 25.2 Å². The zero-order valence-corrected chi connectivity index (χ0v) is 25.5. The van der Waals surface area contributed by atoms with Crippen LogP contribution in [0.2, 0.25) is 0 Å². The Labute approximate surface area is 248 Å². The number of rotatable bonds is 22. The Morgan fingerprint density at radius 1 is 0.463 bits per heavy atom. The molecule has 0 aliphatic heterocycles. The van der Waals surface area contributed by atoms with Crippen LogP contribution in [0.15, 0.2) is 48.8 Å². The van der Waals surface area contributed by atoms with Crippen LogP contribution >= 0.6 is 0 Å². The topological polar surface area (TPSA) is 79.1 Å². The average Bonchev–Trinajstić information content (AvgIpc) is 3.02. The molecular weight excluding hydrogens is 506 g/mol. The van der Waals surface area contributed by atoms with Gasteiger partial charge in [-0.1, -0.05) is 110 Å². The summed E-state index contributed by atoms with van der Waals surface area (Å²) in [4.78, 5) is 13.8. The van der Waals surface area contributed by atoms with Crippen LogP contribution in [-0.2, 0) is 19.6 Å². The largest absolute Gasteiger partial charge is 0.392 e. The van der Waals surface area contributed by atoms with E-state index >= 15 is 0 Å². The molecule has 3 rings (SSSR count). The molecule has 0 saturated carbocycles. The van der Waals surface area contributed by atoms with Crippen LogP contribution in [0.4, 0.5) is 0 Å². The Hall–Kier alpha value is -2.63. The van der Waals surface area contributed by atoms with Crippen molar-refractivity contribution in [1.82, 2.24) is 15.0 Å². The fourth-order valence-electron chi connectivity index (χ4n) is 5.48. The molecule has 41 heavy (non-hydrogen) atoms. The highest BCUT2D eigenvalue weighted by molar-refractivity contribution is 5.64. The number of aliphatic hydroxyl groups is 2. The lowest BCUT2D eigenvalue weighted by molar-refractivity contribution is 0.281. The third-order valence-corrected chi connectivity index (χ3v) is 7.99. The van der Waals surface area contributed by atoms with Gasteiger partial charge in [-0.05, 0) is 65.9 Å². The van der Waals surface area contributed by atoms with E-state index in [-0.39, 0.29) is 13.2 Å². The summed E-state index contributed by atoms with van der Waals surface area (Å²) in [5.74, 6) is 0. The number of pyridine rings is 3. The third kappa shape index (κ3) is 12.8. The summed E-state index contributed by atoms with van der Waals surface area (Å²) in [7, 11) is 0. The van der Waals surface area contributed by atoms with E-state index in [0.29, 0.717) is 11.4 Å². The quantitative estimate of drug-likeness (QED) is 0.120. The van der Waals surface area contributed by atoms with Gasteiger partial charge in [-0.3, -0.25) is 9.97 Å². The van der Waals surface area contributed by atoms with Gasteiger partial charge in [-0.2, -0.15) is 0 Å². The van der Waals surface area contributed by atoms with Gasteiger partial charge in [0.25, 0.3) is 0 Å². The summed E-state index contributed by atoms with van der Waals surface area (Å²) in [6, 6.07) is 11.6. The number of hydrogen-bond donors (Lipinski definition) is 2. The van der Waals surface area contributed by atoms with Gasteiger partial charge < -0.3 is 10.2 Å². The first-order valence-corrected chi connectivity index (χ1v) is 16.4. The Balaban J connectivity index is 1.32. The van der Waals surface area contributed by atoms with Crippen molar-refractivity contribution in [3.05, 3.63) is 65.5 Å². The molecule has 0 bridgehead atoms. The fourth-order valence-corrected chi connectivity index (χ4v) is 5.48. The van der Waals surface area contributed by atoms with Crippen molar-refractivity contribution in [2.45, 2.75) is 136 Å². The zero-order chi connectivity index (χ0) is 29.0. The first-order valence-electron chi connectivity index (χ1n) is 16.4. The molecule has 0 aliphatic carbocycles. The molecule has 0 radical (unpaired) electrons. The molecule has 0 aliphatic rings. The minimum Gasteiger partial charge on any atom is -0.392 e. The van der Waals surface area contributed by atoms with Gasteiger partial charge >= 0.3 is 0 Å². The monoisotopic (exact) mass is 559 g/mol. The molecule has 0 spiro atoms. The molecule has 0 unspecified atom stereocenters. The van der Waals surface area contributed by atoms with Gasteiger partial charge in [-0.15, -0.1) is 0 Å². The average molecular weight is 560 g/mol. The van der Waals surface area contributed by atoms with Crippen molar-refractivity contribution in [3.8, 4) is 22.8 Å². The Kier molecular flexibility index (Phi) is 16.3. The van der Waals surface area contributed by atoms with Crippen LogP contribution < -0.4 is 0 Å². The van der Waals surface area contributed by atoms with Crippen molar-refractivity contribution < 1.29 is 10.2 Å². The summed E-state index contributed by atoms with van der Waals surface area (Å²) in [6.45, 7) is 2.15. The van der Waals surface area contributed by atoms with Crippen molar-refractivity contribution in [2.75, 3.05) is 0 Å². The molecule has 2 N–H and O–H groups in total. The van der Waals surface area contributed by atoms with E-state index < -0.39 is 0 Å². The maximum absolute atomic E-state index is 9.84. The normalized spacial score (nSPS) is 11.3. The molecule has 0 aromatic carbocycles. The van der Waals surface area contributed by atoms with E-state index in [1.807, 2.05) is 24.4 Å². The number of aryl methyl sites for hydroxylation is 1. The summed E-state index contributed by atoms with van der Waals surface area (Å²) >= 11 is 0. The van der Waals surface area contributed by atoms with Crippen LogP contribution in [0.1, 0.15) is 133 Å². The van der Waals surface area contributed by atoms with E-state index in [1.54, 1.807) is 12.3 Å². The predicted octanol–water partition coefficient (Wildman–Crippen LogP) is 9.38. The van der Waals surface area contributed by atoms with E-state index in [9.17, 15) is 10.2 Å². The number of unbranched alkanes of at least 4 members (excludes halogenated alkanes) is 16. The first-order chi connectivity index (χ1) is 20.2. The third-order valence-electron chi connectivity index (χ3n) is 7.99. The molecular formula is C36H53N3O2. The van der Waals surface area contributed by atoms with Gasteiger partial charge in [0.15, 0.2) is 0 Å². The molecule has 0 fully saturated rings. The zero-order valence-electron chi connectivity index (χ0n) is 25.5. The van der Waals surface area contributed by atoms with Crippen molar-refractivity contribution >= 4 is 0 Å². The van der Waals surface area contributed by atoms with E-state index in [2.05, 4.69) is 29.0 Å². The SMILES string of the molecule is CCCCCCCCCCCCCCCCCCCc1ccnc(-c2cc(CO)cc(-c3cc(CO)ccn3)n2)c1. The Bertz CT molecular complexity index is 1120. The van der Waals surface area contributed by atoms with Gasteiger partial charge in [0.2, 0.25) is 0 Å². The molecule has 0 amide bonds. The summed E-state index contributed by atoms with van der Waals surface area (Å²) in [5.41, 5.74) is 5.70. The van der Waals surface area contributed by atoms with Crippen LogP contribution in [0, 0.1) is 0 Å². The Morgan fingerprint density at radius 2 is 0.854 bits per heavy atom.